The SMILES string of the molecule is COc1ccc(C=NN(CCC(=O)NC2CCCCC2)C2=NS(=O)(=O)c3ccccc32)cc1OC. The van der Waals surface area contributed by atoms with Crippen LogP contribution in [0.1, 0.15) is 49.7 Å². The van der Waals surface area contributed by atoms with Crippen LogP contribution in [-0.4, -0.2) is 58.2 Å². The Morgan fingerprint density at radius 2 is 1.86 bits per heavy atom. The van der Waals surface area contributed by atoms with Gasteiger partial charge in [-0.2, -0.15) is 13.5 Å². The van der Waals surface area contributed by atoms with Crippen molar-refractivity contribution >= 4 is 28.0 Å². The largest absolute Gasteiger partial charge is 0.493 e. The van der Waals surface area contributed by atoms with Gasteiger partial charge in [0, 0.05) is 18.0 Å². The molecule has 1 aliphatic carbocycles. The first-order valence-electron chi connectivity index (χ1n) is 11.7. The number of hydrazone groups is 1. The Morgan fingerprint density at radius 1 is 1.11 bits per heavy atom. The predicted octanol–water partition coefficient (Wildman–Crippen LogP) is 3.33. The van der Waals surface area contributed by atoms with Crippen molar-refractivity contribution in [1.82, 2.24) is 10.3 Å². The Bertz CT molecular complexity index is 1240. The van der Waals surface area contributed by atoms with Crippen LogP contribution in [0.5, 0.6) is 11.5 Å². The second kappa shape index (κ2) is 10.9. The number of nitrogens with one attached hydrogen (secondary N) is 1. The molecule has 0 radical (unpaired) electrons. The quantitative estimate of drug-likeness (QED) is 0.442. The highest BCUT2D eigenvalue weighted by atomic mass is 32.2. The number of rotatable bonds is 8. The monoisotopic (exact) mass is 498 g/mol. The molecule has 9 nitrogen and oxygen atoms in total. The highest BCUT2D eigenvalue weighted by molar-refractivity contribution is 7.90. The van der Waals surface area contributed by atoms with Gasteiger partial charge in [0.2, 0.25) is 5.91 Å². The molecule has 4 rings (SSSR count). The second-order valence-corrected chi connectivity index (χ2v) is 10.1. The van der Waals surface area contributed by atoms with Gasteiger partial charge < -0.3 is 14.8 Å². The van der Waals surface area contributed by atoms with Gasteiger partial charge in [-0.1, -0.05) is 31.4 Å². The Labute approximate surface area is 205 Å². The molecule has 1 amide bonds. The fourth-order valence-electron chi connectivity index (χ4n) is 4.32. The van der Waals surface area contributed by atoms with Crippen LogP contribution in [0.15, 0.2) is 56.9 Å². The van der Waals surface area contributed by atoms with E-state index in [0.29, 0.717) is 22.6 Å². The van der Waals surface area contributed by atoms with Crippen LogP contribution >= 0.6 is 0 Å². The summed E-state index contributed by atoms with van der Waals surface area (Å²) in [7, 11) is -0.724. The van der Waals surface area contributed by atoms with E-state index in [4.69, 9.17) is 9.47 Å². The summed E-state index contributed by atoms with van der Waals surface area (Å²) in [6.07, 6.45) is 7.17. The van der Waals surface area contributed by atoms with Crippen molar-refractivity contribution in [2.24, 2.45) is 9.50 Å². The van der Waals surface area contributed by atoms with E-state index in [1.807, 2.05) is 0 Å². The summed E-state index contributed by atoms with van der Waals surface area (Å²) in [4.78, 5) is 12.8. The molecule has 0 aromatic heterocycles. The standard InChI is InChI=1S/C25H30N4O5S/c1-33-21-13-12-18(16-22(21)34-2)17-26-29(15-14-24(30)27-19-8-4-3-5-9-19)25-20-10-6-7-11-23(20)35(31,32)28-25/h6-7,10-13,16-17,19H,3-5,8-9,14-15H2,1-2H3,(H,27,30). The Morgan fingerprint density at radius 3 is 2.60 bits per heavy atom. The molecular weight excluding hydrogens is 468 g/mol. The van der Waals surface area contributed by atoms with E-state index in [2.05, 4.69) is 14.8 Å². The summed E-state index contributed by atoms with van der Waals surface area (Å²) in [5.41, 5.74) is 1.18. The first-order chi connectivity index (χ1) is 16.9. The molecule has 0 atom stereocenters. The zero-order valence-electron chi connectivity index (χ0n) is 19.9. The molecule has 0 spiro atoms. The topological polar surface area (TPSA) is 110 Å². The average molecular weight is 499 g/mol. The minimum absolute atomic E-state index is 0.0852. The molecule has 1 fully saturated rings. The maximum Gasteiger partial charge on any atom is 0.285 e. The van der Waals surface area contributed by atoms with Crippen LogP contribution in [-0.2, 0) is 14.8 Å². The summed E-state index contributed by atoms with van der Waals surface area (Å²) in [5, 5.41) is 9.10. The molecule has 0 bridgehead atoms. The molecule has 1 aliphatic heterocycles. The van der Waals surface area contributed by atoms with Crippen LogP contribution < -0.4 is 14.8 Å². The number of hydrogen-bond acceptors (Lipinski definition) is 7. The van der Waals surface area contributed by atoms with Gasteiger partial charge in [0.25, 0.3) is 10.0 Å². The normalized spacial score (nSPS) is 17.0. The lowest BCUT2D eigenvalue weighted by molar-refractivity contribution is -0.122. The second-order valence-electron chi connectivity index (χ2n) is 8.52. The number of ether oxygens (including phenoxy) is 2. The summed E-state index contributed by atoms with van der Waals surface area (Å²) < 4.78 is 39.9. The smallest absolute Gasteiger partial charge is 0.285 e. The lowest BCUT2D eigenvalue weighted by Gasteiger charge is -2.24. The Kier molecular flexibility index (Phi) is 7.70. The van der Waals surface area contributed by atoms with Crippen LogP contribution in [0.4, 0.5) is 0 Å². The Balaban J connectivity index is 1.57. The van der Waals surface area contributed by atoms with Crippen molar-refractivity contribution in [3.63, 3.8) is 0 Å². The molecule has 186 valence electrons. The average Bonchev–Trinajstić information content (AvgIpc) is 3.15. The van der Waals surface area contributed by atoms with E-state index in [1.165, 1.54) is 17.5 Å². The van der Waals surface area contributed by atoms with Crippen molar-refractivity contribution in [2.45, 2.75) is 49.5 Å². The van der Waals surface area contributed by atoms with Crippen LogP contribution in [0.3, 0.4) is 0 Å². The number of hydrogen-bond donors (Lipinski definition) is 1. The first kappa shape index (κ1) is 24.7. The van der Waals surface area contributed by atoms with E-state index < -0.39 is 10.0 Å². The van der Waals surface area contributed by atoms with Crippen molar-refractivity contribution in [1.29, 1.82) is 0 Å². The van der Waals surface area contributed by atoms with E-state index in [9.17, 15) is 13.2 Å². The lowest BCUT2D eigenvalue weighted by Crippen LogP contribution is -2.38. The third kappa shape index (κ3) is 5.82. The fraction of sp³-hybridized carbons (Fsp3) is 0.400. The van der Waals surface area contributed by atoms with Crippen LogP contribution in [0.25, 0.3) is 0 Å². The maximum absolute atomic E-state index is 12.7. The van der Waals surface area contributed by atoms with Gasteiger partial charge in [0.15, 0.2) is 17.3 Å². The van der Waals surface area contributed by atoms with E-state index in [0.717, 1.165) is 25.7 Å². The molecule has 1 N–H and O–H groups in total. The number of nitrogens with zero attached hydrogens (tertiary/aromatic N) is 3. The molecule has 1 heterocycles. The minimum Gasteiger partial charge on any atom is -0.493 e. The molecule has 0 unspecified atom stereocenters. The lowest BCUT2D eigenvalue weighted by atomic mass is 9.95. The van der Waals surface area contributed by atoms with Crippen molar-refractivity contribution < 1.29 is 22.7 Å². The van der Waals surface area contributed by atoms with Crippen LogP contribution in [0.2, 0.25) is 0 Å². The zero-order valence-corrected chi connectivity index (χ0v) is 20.8. The number of methoxy groups -OCH3 is 2. The van der Waals surface area contributed by atoms with Gasteiger partial charge in [0.1, 0.15) is 4.90 Å². The number of amides is 1. The van der Waals surface area contributed by atoms with E-state index in [1.54, 1.807) is 56.8 Å². The molecule has 2 aromatic carbocycles. The van der Waals surface area contributed by atoms with Gasteiger partial charge in [0.05, 0.1) is 27.0 Å². The highest BCUT2D eigenvalue weighted by Crippen LogP contribution is 2.29. The molecule has 35 heavy (non-hydrogen) atoms. The van der Waals surface area contributed by atoms with Crippen LogP contribution in [0, 0.1) is 0 Å². The number of carbonyl (C=O) groups is 1. The Hall–Kier alpha value is -3.40. The molecule has 0 saturated heterocycles. The van der Waals surface area contributed by atoms with Gasteiger partial charge in [-0.15, -0.1) is 4.40 Å². The fourth-order valence-corrected chi connectivity index (χ4v) is 5.52. The van der Waals surface area contributed by atoms with Crippen molar-refractivity contribution in [3.05, 3.63) is 53.6 Å². The first-order valence-corrected chi connectivity index (χ1v) is 13.1. The van der Waals surface area contributed by atoms with Crippen molar-refractivity contribution in [3.8, 4) is 11.5 Å². The third-order valence-corrected chi connectivity index (χ3v) is 7.46. The van der Waals surface area contributed by atoms with Gasteiger partial charge in [-0.25, -0.2) is 5.01 Å². The summed E-state index contributed by atoms with van der Waals surface area (Å²) in [5.74, 6) is 1.24. The molecule has 1 saturated carbocycles. The summed E-state index contributed by atoms with van der Waals surface area (Å²) >= 11 is 0. The van der Waals surface area contributed by atoms with Gasteiger partial charge in [-0.05, 0) is 48.7 Å². The van der Waals surface area contributed by atoms with Gasteiger partial charge in [-0.3, -0.25) is 4.79 Å². The highest BCUT2D eigenvalue weighted by Gasteiger charge is 2.32. The van der Waals surface area contributed by atoms with E-state index >= 15 is 0 Å². The third-order valence-electron chi connectivity index (χ3n) is 6.13. The molecule has 10 heteroatoms. The molecule has 2 aromatic rings. The molecule has 2 aliphatic rings. The number of fused-ring (bicyclic) bond motifs is 1. The van der Waals surface area contributed by atoms with Crippen molar-refractivity contribution in [2.75, 3.05) is 20.8 Å². The summed E-state index contributed by atoms with van der Waals surface area (Å²) in [6, 6.07) is 12.1. The zero-order chi connectivity index (χ0) is 24.8. The number of benzene rings is 2. The van der Waals surface area contributed by atoms with Gasteiger partial charge >= 0.3 is 0 Å². The number of carbonyl (C=O) groups excluding carboxylic acids is 1. The number of sulfonamides is 1. The minimum atomic E-state index is -3.83. The number of amidine groups is 1. The maximum atomic E-state index is 12.7. The summed E-state index contributed by atoms with van der Waals surface area (Å²) in [6.45, 7) is 0.172. The molecular formula is C25H30N4O5S. The predicted molar refractivity (Wildman–Crippen MR) is 134 cm³/mol. The van der Waals surface area contributed by atoms with E-state index in [-0.39, 0.29) is 35.6 Å².